The number of benzene rings is 13. The van der Waals surface area contributed by atoms with Crippen molar-refractivity contribution in [2.45, 2.75) is 137 Å². The molecule has 13 aromatic carbocycles. The van der Waals surface area contributed by atoms with Crippen molar-refractivity contribution in [2.24, 2.45) is 4.99 Å². The van der Waals surface area contributed by atoms with Gasteiger partial charge in [0.2, 0.25) is 0 Å². The van der Waals surface area contributed by atoms with Crippen LogP contribution >= 0.6 is 0 Å². The fraction of sp³-hybridized carbons (Fsp3) is 0.206. The Morgan fingerprint density at radius 1 is 0.385 bits per heavy atom. The van der Waals surface area contributed by atoms with Crippen LogP contribution in [0.25, 0.3) is 112 Å². The monoisotopic (exact) mass is 1600 g/mol. The summed E-state index contributed by atoms with van der Waals surface area (Å²) >= 11 is 0. The van der Waals surface area contributed by atoms with Gasteiger partial charge in [0, 0.05) is 37.3 Å². The molecule has 3 heterocycles. The Morgan fingerprint density at radius 3 is 1.45 bits per heavy atom. The number of aromatic hydroxyl groups is 1. The van der Waals surface area contributed by atoms with Gasteiger partial charge in [-0.25, -0.2) is 4.98 Å². The molecule has 0 aliphatic carbocycles. The van der Waals surface area contributed by atoms with Gasteiger partial charge in [-0.05, 0) is 184 Å². The van der Waals surface area contributed by atoms with Crippen molar-refractivity contribution in [3.05, 3.63) is 347 Å². The number of aliphatic imine (C=N–C) groups is 1. The Kier molecular flexibility index (Phi) is 21.2. The van der Waals surface area contributed by atoms with E-state index in [4.69, 9.17) is 15.0 Å². The Balaban J connectivity index is 0.000000188. The molecule has 1 N–H and O–H groups in total. The van der Waals surface area contributed by atoms with Gasteiger partial charge in [-0.1, -0.05) is 290 Å². The molecular formula is C102H95IrN5O-2. The molecule has 0 amide bonds. The molecule has 1 aliphatic rings. The number of hydrogen-bond acceptors (Lipinski definition) is 4. The predicted molar refractivity (Wildman–Crippen MR) is 454 cm³/mol. The van der Waals surface area contributed by atoms with E-state index >= 15 is 0 Å². The van der Waals surface area contributed by atoms with Gasteiger partial charge in [-0.2, -0.15) is 0 Å². The second kappa shape index (κ2) is 30.9. The third-order valence-corrected chi connectivity index (χ3v) is 21.4. The first-order chi connectivity index (χ1) is 52.1. The van der Waals surface area contributed by atoms with E-state index in [1.807, 2.05) is 36.4 Å². The molecule has 0 fully saturated rings. The maximum atomic E-state index is 11.2. The second-order valence-corrected chi connectivity index (χ2v) is 32.3. The zero-order valence-electron chi connectivity index (χ0n) is 65.0. The SMILES string of the molecule is CC(C)c1cc(-c2ccccc2)cc(C(C)C)c1-n1c(-c2[c-]c(C3=Nc4ccccc4C3c3c(C(C)(C)C)cc(-c4ccccc4)cc3C(C)(C)C)ccc2)nc2ccccc21.CC(C)c1ccc(-c2cc(-c3ccccc3)cc(C(C)C)c2-n2c(-c3ccccc3O)nc3c(-c4[c-]cccc4)cccc32)cc1.[Ir]. The maximum Gasteiger partial charge on any atom is 0.148 e. The zero-order valence-corrected chi connectivity index (χ0v) is 67.4. The largest absolute Gasteiger partial charge is 0.507 e. The van der Waals surface area contributed by atoms with Crippen LogP contribution in [-0.4, -0.2) is 29.9 Å². The summed E-state index contributed by atoms with van der Waals surface area (Å²) < 4.78 is 4.69. The molecule has 2 aromatic heterocycles. The fourth-order valence-electron chi connectivity index (χ4n) is 15.8. The third kappa shape index (κ3) is 14.7. The van der Waals surface area contributed by atoms with Gasteiger partial charge in [0.15, 0.2) is 0 Å². The van der Waals surface area contributed by atoms with Crippen LogP contribution in [-0.2, 0) is 30.9 Å². The summed E-state index contributed by atoms with van der Waals surface area (Å²) in [6.07, 6.45) is 0. The molecule has 7 heteroatoms. The normalized spacial score (nSPS) is 12.9. The number of phenols is 1. The molecule has 109 heavy (non-hydrogen) atoms. The van der Waals surface area contributed by atoms with Gasteiger partial charge >= 0.3 is 0 Å². The molecular weight excluding hydrogens is 1500 g/mol. The zero-order chi connectivity index (χ0) is 75.3. The summed E-state index contributed by atoms with van der Waals surface area (Å²) in [5, 5.41) is 11.2. The molecule has 545 valence electrons. The first-order valence-corrected chi connectivity index (χ1v) is 38.4. The summed E-state index contributed by atoms with van der Waals surface area (Å²) in [6, 6.07) is 109. The van der Waals surface area contributed by atoms with E-state index in [1.165, 1.54) is 83.6 Å². The summed E-state index contributed by atoms with van der Waals surface area (Å²) in [5.74, 6) is 2.87. The molecule has 0 saturated carbocycles. The predicted octanol–water partition coefficient (Wildman–Crippen LogP) is 27.4. The topological polar surface area (TPSA) is 68.2 Å². The molecule has 1 radical (unpaired) electrons. The van der Waals surface area contributed by atoms with Crippen LogP contribution in [0.3, 0.4) is 0 Å². The second-order valence-electron chi connectivity index (χ2n) is 32.3. The number of fused-ring (bicyclic) bond motifs is 3. The van der Waals surface area contributed by atoms with E-state index in [0.717, 1.165) is 78.4 Å². The van der Waals surface area contributed by atoms with Crippen molar-refractivity contribution in [1.29, 1.82) is 0 Å². The van der Waals surface area contributed by atoms with Gasteiger partial charge in [-0.3, -0.25) is 14.5 Å². The number of para-hydroxylation sites is 5. The van der Waals surface area contributed by atoms with Gasteiger partial charge in [-0.15, -0.1) is 65.7 Å². The van der Waals surface area contributed by atoms with Crippen molar-refractivity contribution in [2.75, 3.05) is 0 Å². The molecule has 1 aliphatic heterocycles. The van der Waals surface area contributed by atoms with Gasteiger partial charge in [0.25, 0.3) is 0 Å². The number of aromatic nitrogens is 4. The van der Waals surface area contributed by atoms with Crippen molar-refractivity contribution in [1.82, 2.24) is 19.1 Å². The first-order valence-electron chi connectivity index (χ1n) is 38.4. The number of hydrogen-bond donors (Lipinski definition) is 1. The molecule has 0 bridgehead atoms. The number of rotatable bonds is 15. The van der Waals surface area contributed by atoms with Crippen molar-refractivity contribution < 1.29 is 25.2 Å². The van der Waals surface area contributed by atoms with Crippen molar-refractivity contribution in [3.8, 4) is 95.5 Å². The minimum absolute atomic E-state index is 0. The van der Waals surface area contributed by atoms with E-state index in [9.17, 15) is 5.11 Å². The van der Waals surface area contributed by atoms with Crippen LogP contribution < -0.4 is 0 Å². The molecule has 0 spiro atoms. The van der Waals surface area contributed by atoms with Gasteiger partial charge in [0.1, 0.15) is 11.6 Å². The number of nitrogens with zero attached hydrogens (tertiary/aromatic N) is 5. The van der Waals surface area contributed by atoms with Gasteiger partial charge in [0.05, 0.1) is 44.8 Å². The fourth-order valence-corrected chi connectivity index (χ4v) is 15.8. The Bertz CT molecular complexity index is 5770. The Labute approximate surface area is 658 Å². The Hall–Kier alpha value is -11.1. The minimum Gasteiger partial charge on any atom is -0.507 e. The third-order valence-electron chi connectivity index (χ3n) is 21.4. The molecule has 16 rings (SSSR count). The summed E-state index contributed by atoms with van der Waals surface area (Å²) in [6.45, 7) is 32.3. The van der Waals surface area contributed by atoms with E-state index < -0.39 is 0 Å². The maximum absolute atomic E-state index is 11.2. The van der Waals surface area contributed by atoms with E-state index in [0.29, 0.717) is 17.3 Å². The van der Waals surface area contributed by atoms with Crippen LogP contribution in [0, 0.1) is 12.1 Å². The average Bonchev–Trinajstić information content (AvgIpc) is 1.71. The molecule has 0 saturated heterocycles. The average molecular weight is 1600 g/mol. The van der Waals surface area contributed by atoms with Gasteiger partial charge < -0.3 is 9.67 Å². The molecule has 1 atom stereocenters. The minimum atomic E-state index is -0.141. The summed E-state index contributed by atoms with van der Waals surface area (Å²) in [7, 11) is 0. The summed E-state index contributed by atoms with van der Waals surface area (Å²) in [4.78, 5) is 16.3. The summed E-state index contributed by atoms with van der Waals surface area (Å²) in [5.41, 5.74) is 32.5. The quantitative estimate of drug-likeness (QED) is 0.104. The van der Waals surface area contributed by atoms with E-state index in [-0.39, 0.29) is 60.4 Å². The Morgan fingerprint density at radius 2 is 0.872 bits per heavy atom. The van der Waals surface area contributed by atoms with Crippen LogP contribution in [0.2, 0.25) is 0 Å². The van der Waals surface area contributed by atoms with Crippen molar-refractivity contribution >= 4 is 33.5 Å². The van der Waals surface area contributed by atoms with Crippen LogP contribution in [0.15, 0.2) is 290 Å². The number of phenolic OH excluding ortho intramolecular Hbond substituents is 1. The standard InChI is InChI=1S/C59H58N3.C43H37N2O.Ir/c1-37(2)46-33-43(39-22-13-11-14-23-39)34-47(38(3)4)56(46)62-52-31-20-19-30-51(52)61-57(62)42-27-21-26-41(32-42)55-53(45-28-17-18-29-50(45)60-55)54-48(58(5,6)7)35-44(36-49(54)59(8,9)10)40-24-15-12-16-25-40;1-28(2)30-22-24-33(25-23-30)38-27-34(31-14-7-5-8-15-31)26-37(29(3)4)42(38)45-39-20-13-19-35(32-16-9-6-10-17-32)41(39)44-43(45)36-18-11-12-21-40(36)46;/h11-31,33-38,53H,1-10H3;5-16,18-29,46H,1-4H3;/q2*-1;. The molecule has 6 nitrogen and oxygen atoms in total. The van der Waals surface area contributed by atoms with E-state index in [1.54, 1.807) is 6.07 Å². The van der Waals surface area contributed by atoms with Crippen LogP contribution in [0.1, 0.15) is 177 Å². The smallest absolute Gasteiger partial charge is 0.148 e. The van der Waals surface area contributed by atoms with Crippen LogP contribution in [0.4, 0.5) is 5.69 Å². The molecule has 1 unspecified atom stereocenters. The van der Waals surface area contributed by atoms with Crippen LogP contribution in [0.5, 0.6) is 5.75 Å². The molecule has 15 aromatic rings. The van der Waals surface area contributed by atoms with E-state index in [2.05, 4.69) is 361 Å². The van der Waals surface area contributed by atoms with Crippen molar-refractivity contribution in [3.63, 3.8) is 0 Å². The number of imidazole rings is 2. The first kappa shape index (κ1) is 74.8.